The Morgan fingerprint density at radius 2 is 1.83 bits per heavy atom. The molecule has 0 saturated heterocycles. The van der Waals surface area contributed by atoms with Crippen molar-refractivity contribution in [3.8, 4) is 0 Å². The van der Waals surface area contributed by atoms with Crippen LogP contribution in [0.5, 0.6) is 0 Å². The SMILES string of the molecule is C=C(NC1=NC(c2ccccc2)NC(C)=C1C)c1cccc(F)c1NCCC.CCl. The fourth-order valence-electron chi connectivity index (χ4n) is 3.08. The molecule has 0 fully saturated rings. The molecule has 1 heterocycles. The maximum atomic E-state index is 14.4. The molecule has 3 N–H and O–H groups in total. The normalized spacial score (nSPS) is 15.4. The highest BCUT2D eigenvalue weighted by Gasteiger charge is 2.21. The minimum atomic E-state index is -0.285. The van der Waals surface area contributed by atoms with Crippen LogP contribution in [0, 0.1) is 5.82 Å². The van der Waals surface area contributed by atoms with Crippen LogP contribution in [-0.4, -0.2) is 18.8 Å². The lowest BCUT2D eigenvalue weighted by Gasteiger charge is -2.27. The highest BCUT2D eigenvalue weighted by atomic mass is 35.5. The first-order valence-corrected chi connectivity index (χ1v) is 10.7. The number of benzene rings is 2. The zero-order chi connectivity index (χ0) is 22.1. The molecular weight excluding hydrogens is 399 g/mol. The van der Waals surface area contributed by atoms with Crippen molar-refractivity contribution in [2.75, 3.05) is 18.2 Å². The van der Waals surface area contributed by atoms with Crippen molar-refractivity contribution in [1.82, 2.24) is 10.6 Å². The molecule has 3 rings (SSSR count). The van der Waals surface area contributed by atoms with Crippen LogP contribution in [0.25, 0.3) is 5.70 Å². The standard InChI is InChI=1S/C23H27FN4.CH3Cl/c1-5-14-25-21-19(12-9-13-20(21)24)17(4)27-22-15(2)16(3)26-23(28-22)18-10-7-6-8-11-18;1-2/h6-13,23,25-26H,4-5,14H2,1-3H3,(H,27,28);1H3. The summed E-state index contributed by atoms with van der Waals surface area (Å²) in [4.78, 5) is 4.82. The van der Waals surface area contributed by atoms with Gasteiger partial charge in [-0.3, -0.25) is 0 Å². The summed E-state index contributed by atoms with van der Waals surface area (Å²) in [5.74, 6) is 0.451. The predicted molar refractivity (Wildman–Crippen MR) is 127 cm³/mol. The van der Waals surface area contributed by atoms with Gasteiger partial charge in [0, 0.05) is 35.5 Å². The first-order valence-electron chi connectivity index (χ1n) is 9.95. The Hall–Kier alpha value is -2.79. The largest absolute Gasteiger partial charge is 0.382 e. The second-order valence-electron chi connectivity index (χ2n) is 6.88. The van der Waals surface area contributed by atoms with Crippen molar-refractivity contribution in [3.05, 3.63) is 83.3 Å². The van der Waals surface area contributed by atoms with Crippen LogP contribution in [-0.2, 0) is 0 Å². The van der Waals surface area contributed by atoms with Crippen LogP contribution in [0.15, 0.2) is 71.4 Å². The van der Waals surface area contributed by atoms with Crippen LogP contribution in [0.2, 0.25) is 0 Å². The van der Waals surface area contributed by atoms with Gasteiger partial charge in [-0.1, -0.05) is 56.0 Å². The van der Waals surface area contributed by atoms with E-state index in [0.29, 0.717) is 23.5 Å². The summed E-state index contributed by atoms with van der Waals surface area (Å²) < 4.78 is 14.4. The summed E-state index contributed by atoms with van der Waals surface area (Å²) in [6.07, 6.45) is 2.21. The average Bonchev–Trinajstić information content (AvgIpc) is 2.77. The van der Waals surface area contributed by atoms with Crippen molar-refractivity contribution in [2.24, 2.45) is 4.99 Å². The van der Waals surface area contributed by atoms with Crippen molar-refractivity contribution in [1.29, 1.82) is 0 Å². The monoisotopic (exact) mass is 428 g/mol. The number of aliphatic imine (C=N–C) groups is 1. The number of hydrogen-bond donors (Lipinski definition) is 3. The summed E-state index contributed by atoms with van der Waals surface area (Å²) in [7, 11) is 0. The first kappa shape index (κ1) is 23.5. The number of hydrogen-bond acceptors (Lipinski definition) is 4. The Labute approximate surface area is 184 Å². The summed E-state index contributed by atoms with van der Waals surface area (Å²) in [5.41, 5.74) is 4.91. The van der Waals surface area contributed by atoms with E-state index in [9.17, 15) is 4.39 Å². The third-order valence-corrected chi connectivity index (χ3v) is 4.80. The number of nitrogens with one attached hydrogen (secondary N) is 3. The Kier molecular flexibility index (Phi) is 8.93. The zero-order valence-electron chi connectivity index (χ0n) is 18.0. The van der Waals surface area contributed by atoms with Crippen LogP contribution in [0.1, 0.15) is 44.5 Å². The van der Waals surface area contributed by atoms with E-state index >= 15 is 0 Å². The highest BCUT2D eigenvalue weighted by molar-refractivity contribution is 6.15. The van der Waals surface area contributed by atoms with E-state index in [-0.39, 0.29) is 12.0 Å². The van der Waals surface area contributed by atoms with Gasteiger partial charge < -0.3 is 16.0 Å². The number of alkyl halides is 1. The molecule has 4 nitrogen and oxygen atoms in total. The second-order valence-corrected chi connectivity index (χ2v) is 6.88. The topological polar surface area (TPSA) is 48.5 Å². The summed E-state index contributed by atoms with van der Waals surface area (Å²) >= 11 is 4.64. The lowest BCUT2D eigenvalue weighted by molar-refractivity contribution is 0.610. The lowest BCUT2D eigenvalue weighted by Crippen LogP contribution is -2.33. The van der Waals surface area contributed by atoms with E-state index in [2.05, 4.69) is 34.1 Å². The zero-order valence-corrected chi connectivity index (χ0v) is 18.8. The molecule has 2 aromatic carbocycles. The summed E-state index contributed by atoms with van der Waals surface area (Å²) in [6, 6.07) is 15.1. The molecule has 0 aromatic heterocycles. The van der Waals surface area contributed by atoms with Crippen LogP contribution < -0.4 is 16.0 Å². The smallest absolute Gasteiger partial charge is 0.146 e. The minimum absolute atomic E-state index is 0.176. The predicted octanol–water partition coefficient (Wildman–Crippen LogP) is 6.06. The second kappa shape index (κ2) is 11.4. The molecule has 1 atom stereocenters. The van der Waals surface area contributed by atoms with Crippen LogP contribution in [0.4, 0.5) is 10.1 Å². The van der Waals surface area contributed by atoms with E-state index in [0.717, 1.165) is 29.1 Å². The number of allylic oxidation sites excluding steroid dienone is 1. The number of para-hydroxylation sites is 1. The quantitative estimate of drug-likeness (QED) is 0.490. The Morgan fingerprint density at radius 3 is 2.50 bits per heavy atom. The molecule has 6 heteroatoms. The Bertz CT molecular complexity index is 922. The van der Waals surface area contributed by atoms with Gasteiger partial charge in [-0.15, -0.1) is 11.6 Å². The van der Waals surface area contributed by atoms with Gasteiger partial charge in [0.15, 0.2) is 0 Å². The fourth-order valence-corrected chi connectivity index (χ4v) is 3.08. The third-order valence-electron chi connectivity index (χ3n) is 4.80. The molecule has 0 amide bonds. The van der Waals surface area contributed by atoms with E-state index in [1.165, 1.54) is 12.4 Å². The maximum absolute atomic E-state index is 14.4. The third kappa shape index (κ3) is 5.63. The van der Waals surface area contributed by atoms with Crippen molar-refractivity contribution in [3.63, 3.8) is 0 Å². The molecule has 30 heavy (non-hydrogen) atoms. The Balaban J connectivity index is 0.00000155. The highest BCUT2D eigenvalue weighted by Crippen LogP contribution is 2.27. The van der Waals surface area contributed by atoms with E-state index in [4.69, 9.17) is 4.99 Å². The molecule has 0 spiro atoms. The van der Waals surface area contributed by atoms with E-state index < -0.39 is 0 Å². The fraction of sp³-hybridized carbons (Fsp3) is 0.292. The van der Waals surface area contributed by atoms with Crippen molar-refractivity contribution < 1.29 is 4.39 Å². The van der Waals surface area contributed by atoms with E-state index in [1.54, 1.807) is 6.07 Å². The van der Waals surface area contributed by atoms with Gasteiger partial charge >= 0.3 is 0 Å². The minimum Gasteiger partial charge on any atom is -0.382 e. The molecule has 160 valence electrons. The Morgan fingerprint density at radius 1 is 1.13 bits per heavy atom. The number of amidine groups is 1. The van der Waals surface area contributed by atoms with Gasteiger partial charge in [0.2, 0.25) is 0 Å². The van der Waals surface area contributed by atoms with Gasteiger partial charge in [-0.05, 0) is 31.9 Å². The van der Waals surface area contributed by atoms with Crippen molar-refractivity contribution >= 4 is 28.8 Å². The van der Waals surface area contributed by atoms with Gasteiger partial charge in [0.05, 0.1) is 5.69 Å². The molecule has 1 aliphatic rings. The van der Waals surface area contributed by atoms with Gasteiger partial charge in [-0.25, -0.2) is 9.38 Å². The summed E-state index contributed by atoms with van der Waals surface area (Å²) in [6.45, 7) is 10.9. The van der Waals surface area contributed by atoms with Gasteiger partial charge in [-0.2, -0.15) is 0 Å². The number of halogens is 2. The molecular formula is C24H30ClFN4. The average molecular weight is 429 g/mol. The van der Waals surface area contributed by atoms with Crippen LogP contribution in [0.3, 0.4) is 0 Å². The molecule has 0 aliphatic carbocycles. The van der Waals surface area contributed by atoms with E-state index in [1.807, 2.05) is 57.2 Å². The number of anilines is 1. The number of nitrogens with zero attached hydrogens (tertiary/aromatic N) is 1. The molecule has 0 bridgehead atoms. The maximum Gasteiger partial charge on any atom is 0.146 e. The molecule has 2 aromatic rings. The summed E-state index contributed by atoms with van der Waals surface area (Å²) in [5, 5.41) is 9.90. The van der Waals surface area contributed by atoms with Crippen molar-refractivity contribution in [2.45, 2.75) is 33.4 Å². The van der Waals surface area contributed by atoms with Gasteiger partial charge in [0.25, 0.3) is 0 Å². The molecule has 1 unspecified atom stereocenters. The number of rotatable bonds is 6. The first-order chi connectivity index (χ1) is 14.5. The van der Waals surface area contributed by atoms with Gasteiger partial charge in [0.1, 0.15) is 17.8 Å². The molecule has 1 aliphatic heterocycles. The lowest BCUT2D eigenvalue weighted by atomic mass is 10.1. The molecule has 0 radical (unpaired) electrons. The molecule has 0 saturated carbocycles. The van der Waals surface area contributed by atoms with Crippen LogP contribution >= 0.6 is 11.6 Å².